The van der Waals surface area contributed by atoms with Gasteiger partial charge in [0.1, 0.15) is 0 Å². The molecule has 78 valence electrons. The second-order valence-electron chi connectivity index (χ2n) is 3.43. The molecule has 6 nitrogen and oxygen atoms in total. The summed E-state index contributed by atoms with van der Waals surface area (Å²) in [4.78, 5) is 0. The number of rotatable bonds is 1. The Bertz CT molecular complexity index is 368. The third-order valence-corrected chi connectivity index (χ3v) is 7.85. The third-order valence-electron chi connectivity index (χ3n) is 2.02. The van der Waals surface area contributed by atoms with Gasteiger partial charge >= 0.3 is 0 Å². The highest BCUT2D eigenvalue weighted by Gasteiger charge is 2.53. The molecule has 0 radical (unpaired) electrons. The van der Waals surface area contributed by atoms with Crippen LogP contribution < -0.4 is 0 Å². The van der Waals surface area contributed by atoms with Crippen molar-refractivity contribution in [3.05, 3.63) is 0 Å². The molecule has 0 saturated carbocycles. The average Bonchev–Trinajstić information content (AvgIpc) is 1.97. The molecular weight excluding hydrogens is 220 g/mol. The minimum absolute atomic E-state index is 0.736. The second-order valence-corrected chi connectivity index (χ2v) is 9.29. The number of hydrogen-bond donors (Lipinski definition) is 2. The fourth-order valence-electron chi connectivity index (χ4n) is 1.18. The van der Waals surface area contributed by atoms with Crippen LogP contribution in [-0.4, -0.2) is 44.8 Å². The van der Waals surface area contributed by atoms with Crippen LogP contribution in [0.5, 0.6) is 0 Å². The fourth-order valence-corrected chi connectivity index (χ4v) is 6.48. The lowest BCUT2D eigenvalue weighted by molar-refractivity contribution is -0.109. The molecule has 1 aliphatic heterocycles. The largest absolute Gasteiger partial charge is 0.368 e. The molecule has 0 atom stereocenters. The molecule has 0 aromatic rings. The summed E-state index contributed by atoms with van der Waals surface area (Å²) in [6.07, 6.45) is -1.94. The van der Waals surface area contributed by atoms with Gasteiger partial charge in [-0.15, -0.1) is 0 Å². The van der Waals surface area contributed by atoms with Gasteiger partial charge in [-0.1, -0.05) is 6.92 Å². The number of aliphatic hydroxyl groups excluding tert-OH is 1. The van der Waals surface area contributed by atoms with Crippen LogP contribution in [-0.2, 0) is 17.7 Å². The second kappa shape index (κ2) is 2.66. The molecule has 2 N–H and O–H groups in total. The molecule has 1 fully saturated rings. The Balaban J connectivity index is 3.24. The molecule has 0 aliphatic carbocycles. The predicted octanol–water partition coefficient (Wildman–Crippen LogP) is -1.94. The first-order valence-corrected chi connectivity index (χ1v) is 7.24. The van der Waals surface area contributed by atoms with E-state index in [0.29, 0.717) is 0 Å². The van der Waals surface area contributed by atoms with Gasteiger partial charge in [-0.25, -0.2) is 16.8 Å². The van der Waals surface area contributed by atoms with E-state index in [0.717, 1.165) is 0 Å². The van der Waals surface area contributed by atoms with Crippen LogP contribution in [0.15, 0.2) is 0 Å². The Morgan fingerprint density at radius 1 is 1.08 bits per heavy atom. The first-order valence-electron chi connectivity index (χ1n) is 3.42. The van der Waals surface area contributed by atoms with E-state index >= 15 is 0 Å². The standard InChI is InChI=1S/C5H10O6S2/c1-5(4(6)7)2-12(8,9)13(10,11)3-5/h4,6-7H,2-3H2,1H3. The van der Waals surface area contributed by atoms with E-state index in [1.54, 1.807) is 0 Å². The maximum atomic E-state index is 11.0. The summed E-state index contributed by atoms with van der Waals surface area (Å²) in [6, 6.07) is 0. The van der Waals surface area contributed by atoms with Gasteiger partial charge in [0, 0.05) is 5.41 Å². The minimum atomic E-state index is -4.22. The highest BCUT2D eigenvalue weighted by atomic mass is 33.2. The third kappa shape index (κ3) is 1.58. The van der Waals surface area contributed by atoms with Gasteiger partial charge < -0.3 is 10.2 Å². The van der Waals surface area contributed by atoms with Crippen molar-refractivity contribution >= 4 is 17.7 Å². The van der Waals surface area contributed by atoms with Crippen molar-refractivity contribution in [3.8, 4) is 0 Å². The van der Waals surface area contributed by atoms with E-state index in [1.165, 1.54) is 6.92 Å². The Morgan fingerprint density at radius 2 is 1.38 bits per heavy atom. The van der Waals surface area contributed by atoms with Gasteiger partial charge in [0.25, 0.3) is 17.7 Å². The normalized spacial score (nSPS) is 29.2. The van der Waals surface area contributed by atoms with Gasteiger partial charge in [0.2, 0.25) is 0 Å². The minimum Gasteiger partial charge on any atom is -0.368 e. The molecule has 1 heterocycles. The van der Waals surface area contributed by atoms with Crippen LogP contribution in [0.3, 0.4) is 0 Å². The molecule has 0 amide bonds. The Kier molecular flexibility index (Phi) is 2.23. The predicted molar refractivity (Wildman–Crippen MR) is 43.9 cm³/mol. The van der Waals surface area contributed by atoms with Crippen molar-refractivity contribution in [1.29, 1.82) is 0 Å². The summed E-state index contributed by atoms with van der Waals surface area (Å²) < 4.78 is 44.0. The van der Waals surface area contributed by atoms with Crippen molar-refractivity contribution in [2.45, 2.75) is 13.2 Å². The average molecular weight is 230 g/mol. The molecule has 13 heavy (non-hydrogen) atoms. The highest BCUT2D eigenvalue weighted by molar-refractivity contribution is 8.67. The molecule has 0 aromatic heterocycles. The Labute approximate surface area is 75.4 Å². The van der Waals surface area contributed by atoms with Crippen molar-refractivity contribution in [3.63, 3.8) is 0 Å². The van der Waals surface area contributed by atoms with Gasteiger partial charge in [-0.05, 0) is 0 Å². The summed E-state index contributed by atoms with van der Waals surface area (Å²) in [6.45, 7) is 1.21. The van der Waals surface area contributed by atoms with E-state index in [9.17, 15) is 16.8 Å². The Hall–Kier alpha value is -0.180. The van der Waals surface area contributed by atoms with E-state index in [2.05, 4.69) is 0 Å². The van der Waals surface area contributed by atoms with Gasteiger partial charge in [-0.3, -0.25) is 0 Å². The van der Waals surface area contributed by atoms with E-state index in [4.69, 9.17) is 10.2 Å². The van der Waals surface area contributed by atoms with E-state index in [1.807, 2.05) is 0 Å². The van der Waals surface area contributed by atoms with E-state index in [-0.39, 0.29) is 0 Å². The molecule has 0 unspecified atom stereocenters. The van der Waals surface area contributed by atoms with E-state index < -0.39 is 40.9 Å². The van der Waals surface area contributed by atoms with Gasteiger partial charge in [0.15, 0.2) is 6.29 Å². The summed E-state index contributed by atoms with van der Waals surface area (Å²) in [5.74, 6) is -1.47. The van der Waals surface area contributed by atoms with Gasteiger partial charge in [-0.2, -0.15) is 0 Å². The summed E-state index contributed by atoms with van der Waals surface area (Å²) in [5.41, 5.74) is -1.50. The lowest BCUT2D eigenvalue weighted by Crippen LogP contribution is -2.35. The maximum Gasteiger partial charge on any atom is 0.254 e. The van der Waals surface area contributed by atoms with Crippen LogP contribution >= 0.6 is 0 Å². The zero-order valence-corrected chi connectivity index (χ0v) is 8.47. The molecule has 1 saturated heterocycles. The summed E-state index contributed by atoms with van der Waals surface area (Å²) >= 11 is 0. The number of aliphatic hydroxyl groups is 2. The van der Waals surface area contributed by atoms with Crippen molar-refractivity contribution in [2.24, 2.45) is 5.41 Å². The first-order chi connectivity index (χ1) is 5.61. The lowest BCUT2D eigenvalue weighted by Gasteiger charge is -2.21. The first kappa shape index (κ1) is 10.9. The van der Waals surface area contributed by atoms with Crippen molar-refractivity contribution < 1.29 is 27.0 Å². The molecule has 1 rings (SSSR count). The monoisotopic (exact) mass is 230 g/mol. The molecule has 0 aromatic carbocycles. The zero-order chi connectivity index (χ0) is 10.5. The SMILES string of the molecule is CC1(C(O)O)CS(=O)(=O)S(=O)(=O)C1. The number of hydrogen-bond acceptors (Lipinski definition) is 6. The van der Waals surface area contributed by atoms with Crippen LogP contribution in [0.2, 0.25) is 0 Å². The topological polar surface area (TPSA) is 109 Å². The molecule has 8 heteroatoms. The fraction of sp³-hybridized carbons (Fsp3) is 1.00. The smallest absolute Gasteiger partial charge is 0.254 e. The van der Waals surface area contributed by atoms with Crippen LogP contribution in [0.25, 0.3) is 0 Å². The maximum absolute atomic E-state index is 11.0. The van der Waals surface area contributed by atoms with Crippen LogP contribution in [0, 0.1) is 5.41 Å². The van der Waals surface area contributed by atoms with Crippen molar-refractivity contribution in [2.75, 3.05) is 11.5 Å². The highest BCUT2D eigenvalue weighted by Crippen LogP contribution is 2.35. The molecule has 1 aliphatic rings. The quantitative estimate of drug-likeness (QED) is 0.401. The molecule has 0 bridgehead atoms. The molecular formula is C5H10O6S2. The zero-order valence-electron chi connectivity index (χ0n) is 6.84. The van der Waals surface area contributed by atoms with Crippen LogP contribution in [0.1, 0.15) is 6.92 Å². The van der Waals surface area contributed by atoms with Gasteiger partial charge in [0.05, 0.1) is 11.5 Å². The van der Waals surface area contributed by atoms with Crippen molar-refractivity contribution in [1.82, 2.24) is 0 Å². The van der Waals surface area contributed by atoms with Crippen LogP contribution in [0.4, 0.5) is 0 Å². The lowest BCUT2D eigenvalue weighted by atomic mass is 9.95. The Morgan fingerprint density at radius 3 is 1.54 bits per heavy atom. The summed E-state index contributed by atoms with van der Waals surface area (Å²) in [7, 11) is -8.45. The molecule has 0 spiro atoms. The summed E-state index contributed by atoms with van der Waals surface area (Å²) in [5, 5.41) is 17.6.